The Labute approximate surface area is 235 Å². The quantitative estimate of drug-likeness (QED) is 0.383. The molecular weight excluding hydrogens is 550 g/mol. The molecule has 4 rings (SSSR count). The average molecular weight is 585 g/mol. The summed E-state index contributed by atoms with van der Waals surface area (Å²) >= 11 is 0. The molecule has 2 aromatic carbocycles. The van der Waals surface area contributed by atoms with Crippen LogP contribution in [0.3, 0.4) is 0 Å². The Morgan fingerprint density at radius 3 is 1.98 bits per heavy atom. The van der Waals surface area contributed by atoms with E-state index in [-0.39, 0.29) is 41.2 Å². The third-order valence-electron chi connectivity index (χ3n) is 8.24. The number of amides is 2. The maximum Gasteiger partial charge on any atom is 0.416 e. The molecule has 1 aliphatic carbocycles. The first-order chi connectivity index (χ1) is 19.3. The van der Waals surface area contributed by atoms with Crippen LogP contribution in [0.1, 0.15) is 73.3 Å². The average Bonchev–Trinajstić information content (AvgIpc) is 2.96. The molecule has 41 heavy (non-hydrogen) atoms. The van der Waals surface area contributed by atoms with Crippen LogP contribution in [0.2, 0.25) is 0 Å². The number of hydrogen-bond acceptors (Lipinski definition) is 3. The number of ether oxygens (including phenoxy) is 1. The molecule has 3 atom stereocenters. The summed E-state index contributed by atoms with van der Waals surface area (Å²) in [7, 11) is 1.60. The molecule has 2 amide bonds. The second-order valence-corrected chi connectivity index (χ2v) is 10.9. The number of likely N-dealkylation sites (tertiary alicyclic amines) is 1. The molecule has 2 aliphatic rings. The van der Waals surface area contributed by atoms with E-state index in [0.717, 1.165) is 5.56 Å². The molecule has 1 saturated heterocycles. The molecule has 2 fully saturated rings. The molecule has 224 valence electrons. The van der Waals surface area contributed by atoms with E-state index in [1.807, 2.05) is 30.3 Å². The van der Waals surface area contributed by atoms with Gasteiger partial charge in [0.15, 0.2) is 0 Å². The van der Waals surface area contributed by atoms with Crippen LogP contribution >= 0.6 is 0 Å². The summed E-state index contributed by atoms with van der Waals surface area (Å²) < 4.78 is 86.8. The van der Waals surface area contributed by atoms with Crippen molar-refractivity contribution in [2.45, 2.75) is 69.5 Å². The van der Waals surface area contributed by atoms with Crippen LogP contribution in [0.25, 0.3) is 0 Å². The predicted octanol–water partition coefficient (Wildman–Crippen LogP) is 6.74. The lowest BCUT2D eigenvalue weighted by atomic mass is 9.80. The Kier molecular flexibility index (Phi) is 9.35. The summed E-state index contributed by atoms with van der Waals surface area (Å²) in [5.41, 5.74) is -2.12. The van der Waals surface area contributed by atoms with Gasteiger partial charge in [-0.1, -0.05) is 30.3 Å². The van der Waals surface area contributed by atoms with Gasteiger partial charge < -0.3 is 15.0 Å². The standard InChI is InChI=1S/C30H34F6N2O3/c1-18(22-14-23(29(31,32)33)16-24(15-22)30(34,35)36)41-26-12-13-38(17-25(26)19-6-4-3-5-7-19)28(40)21-10-8-20(9-11-21)27(39)37-2/h3-7,14-16,18,20-21,25-26H,8-13,17H2,1-2H3,(H,37,39)/t18-,20-,21-,25+,26+/m1/s1. The van der Waals surface area contributed by atoms with Crippen molar-refractivity contribution in [1.82, 2.24) is 10.2 Å². The second kappa shape index (κ2) is 12.4. The highest BCUT2D eigenvalue weighted by molar-refractivity contribution is 5.81. The maximum atomic E-state index is 13.5. The molecule has 1 heterocycles. The smallest absolute Gasteiger partial charge is 0.370 e. The number of benzene rings is 2. The first-order valence-electron chi connectivity index (χ1n) is 13.8. The Morgan fingerprint density at radius 2 is 1.44 bits per heavy atom. The van der Waals surface area contributed by atoms with Gasteiger partial charge >= 0.3 is 12.4 Å². The molecule has 0 aromatic heterocycles. The van der Waals surface area contributed by atoms with Crippen molar-refractivity contribution in [3.05, 3.63) is 70.8 Å². The minimum atomic E-state index is -4.95. The van der Waals surface area contributed by atoms with Crippen LogP contribution in [0.15, 0.2) is 48.5 Å². The van der Waals surface area contributed by atoms with E-state index < -0.39 is 35.7 Å². The Bertz CT molecular complexity index is 1180. The monoisotopic (exact) mass is 584 g/mol. The Hall–Kier alpha value is -3.08. The first kappa shape index (κ1) is 30.9. The molecule has 0 bridgehead atoms. The van der Waals surface area contributed by atoms with Gasteiger partial charge in [-0.2, -0.15) is 26.3 Å². The Balaban J connectivity index is 1.52. The van der Waals surface area contributed by atoms with Crippen LogP contribution in [0, 0.1) is 11.8 Å². The Morgan fingerprint density at radius 1 is 0.878 bits per heavy atom. The summed E-state index contributed by atoms with van der Waals surface area (Å²) in [6.07, 6.45) is -8.65. The number of hydrogen-bond donors (Lipinski definition) is 1. The SMILES string of the molecule is CNC(=O)[C@H]1CC[C@H](C(=O)N2CC[C@H](O[C@H](C)c3cc(C(F)(F)F)cc(C(F)(F)F)c3)[C@H](c3ccccc3)C2)CC1. The third kappa shape index (κ3) is 7.42. The number of carbonyl (C=O) groups excluding carboxylic acids is 2. The van der Waals surface area contributed by atoms with Crippen molar-refractivity contribution in [3.63, 3.8) is 0 Å². The third-order valence-corrected chi connectivity index (χ3v) is 8.24. The fraction of sp³-hybridized carbons (Fsp3) is 0.533. The molecule has 0 spiro atoms. The van der Waals surface area contributed by atoms with Crippen molar-refractivity contribution >= 4 is 11.8 Å². The van der Waals surface area contributed by atoms with E-state index in [4.69, 9.17) is 4.74 Å². The lowest BCUT2D eigenvalue weighted by molar-refractivity contribution is -0.143. The lowest BCUT2D eigenvalue weighted by Gasteiger charge is -2.41. The predicted molar refractivity (Wildman–Crippen MR) is 140 cm³/mol. The van der Waals surface area contributed by atoms with Gasteiger partial charge in [-0.3, -0.25) is 9.59 Å². The zero-order valence-electron chi connectivity index (χ0n) is 22.9. The van der Waals surface area contributed by atoms with Gasteiger partial charge in [-0.25, -0.2) is 0 Å². The normalized spacial score (nSPS) is 24.5. The van der Waals surface area contributed by atoms with E-state index in [0.29, 0.717) is 57.3 Å². The van der Waals surface area contributed by atoms with Gasteiger partial charge in [-0.15, -0.1) is 0 Å². The van der Waals surface area contributed by atoms with Crippen LogP contribution in [-0.2, 0) is 26.7 Å². The van der Waals surface area contributed by atoms with E-state index in [1.165, 1.54) is 6.92 Å². The molecule has 11 heteroatoms. The summed E-state index contributed by atoms with van der Waals surface area (Å²) in [5.74, 6) is -0.646. The van der Waals surface area contributed by atoms with Crippen molar-refractivity contribution in [2.75, 3.05) is 20.1 Å². The number of nitrogens with zero attached hydrogens (tertiary/aromatic N) is 1. The fourth-order valence-corrected chi connectivity index (χ4v) is 5.93. The zero-order chi connectivity index (χ0) is 29.9. The van der Waals surface area contributed by atoms with Gasteiger partial charge in [0.2, 0.25) is 11.8 Å². The molecular formula is C30H34F6N2O3. The molecule has 1 saturated carbocycles. The zero-order valence-corrected chi connectivity index (χ0v) is 22.9. The number of piperidine rings is 1. The second-order valence-electron chi connectivity index (χ2n) is 10.9. The first-order valence-corrected chi connectivity index (χ1v) is 13.8. The van der Waals surface area contributed by atoms with Gasteiger partial charge in [0, 0.05) is 37.9 Å². The van der Waals surface area contributed by atoms with E-state index >= 15 is 0 Å². The van der Waals surface area contributed by atoms with Crippen molar-refractivity contribution in [2.24, 2.45) is 11.8 Å². The topological polar surface area (TPSA) is 58.6 Å². The maximum absolute atomic E-state index is 13.5. The lowest BCUT2D eigenvalue weighted by Crippen LogP contribution is -2.48. The molecule has 0 unspecified atom stereocenters. The van der Waals surface area contributed by atoms with E-state index in [9.17, 15) is 35.9 Å². The number of alkyl halides is 6. The summed E-state index contributed by atoms with van der Waals surface area (Å²) in [6, 6.07) is 10.8. The van der Waals surface area contributed by atoms with Gasteiger partial charge in [-0.05, 0) is 68.4 Å². The molecule has 2 aromatic rings. The van der Waals surface area contributed by atoms with Crippen LogP contribution < -0.4 is 5.32 Å². The minimum Gasteiger partial charge on any atom is -0.370 e. The number of halogens is 6. The van der Waals surface area contributed by atoms with E-state index in [2.05, 4.69) is 5.32 Å². The van der Waals surface area contributed by atoms with Gasteiger partial charge in [0.1, 0.15) is 0 Å². The van der Waals surface area contributed by atoms with Gasteiger partial charge in [0.05, 0.1) is 23.3 Å². The van der Waals surface area contributed by atoms with Crippen molar-refractivity contribution < 1.29 is 40.7 Å². The summed E-state index contributed by atoms with van der Waals surface area (Å²) in [6.45, 7) is 2.11. The minimum absolute atomic E-state index is 0.000448. The highest BCUT2D eigenvalue weighted by atomic mass is 19.4. The number of carbonyl (C=O) groups is 2. The van der Waals surface area contributed by atoms with Crippen molar-refractivity contribution in [1.29, 1.82) is 0 Å². The summed E-state index contributed by atoms with van der Waals surface area (Å²) in [4.78, 5) is 27.2. The molecule has 5 nitrogen and oxygen atoms in total. The number of nitrogens with one attached hydrogen (secondary N) is 1. The molecule has 1 N–H and O–H groups in total. The van der Waals surface area contributed by atoms with E-state index in [1.54, 1.807) is 11.9 Å². The van der Waals surface area contributed by atoms with Crippen LogP contribution in [0.5, 0.6) is 0 Å². The highest BCUT2D eigenvalue weighted by Gasteiger charge is 2.40. The molecule has 1 aliphatic heterocycles. The van der Waals surface area contributed by atoms with Gasteiger partial charge in [0.25, 0.3) is 0 Å². The van der Waals surface area contributed by atoms with Crippen LogP contribution in [0.4, 0.5) is 26.3 Å². The fourth-order valence-electron chi connectivity index (χ4n) is 5.93. The van der Waals surface area contributed by atoms with Crippen LogP contribution in [-0.4, -0.2) is 43.0 Å². The number of rotatable bonds is 6. The largest absolute Gasteiger partial charge is 0.416 e. The summed E-state index contributed by atoms with van der Waals surface area (Å²) in [5, 5.41) is 2.66. The highest BCUT2D eigenvalue weighted by Crippen LogP contribution is 2.40. The van der Waals surface area contributed by atoms with Crippen molar-refractivity contribution in [3.8, 4) is 0 Å². The molecule has 0 radical (unpaired) electrons.